The zero-order valence-corrected chi connectivity index (χ0v) is 15.4. The van der Waals surface area contributed by atoms with Gasteiger partial charge >= 0.3 is 0 Å². The molecule has 0 unspecified atom stereocenters. The zero-order valence-electron chi connectivity index (χ0n) is 13.0. The van der Waals surface area contributed by atoms with Crippen molar-refractivity contribution in [1.29, 1.82) is 0 Å². The fourth-order valence-electron chi connectivity index (χ4n) is 2.37. The van der Waals surface area contributed by atoms with Crippen LogP contribution < -0.4 is 10.1 Å². The summed E-state index contributed by atoms with van der Waals surface area (Å²) in [5.74, 6) is 0.890. The van der Waals surface area contributed by atoms with E-state index in [1.165, 1.54) is 4.88 Å². The minimum Gasteiger partial charge on any atom is -0.496 e. The molecule has 0 aliphatic carbocycles. The molecule has 118 valence electrons. The summed E-state index contributed by atoms with van der Waals surface area (Å²) >= 11 is 5.14. The van der Waals surface area contributed by atoms with Crippen molar-refractivity contribution in [3.63, 3.8) is 0 Å². The number of methoxy groups -OCH3 is 1. The summed E-state index contributed by atoms with van der Waals surface area (Å²) in [5, 5.41) is 4.32. The lowest BCUT2D eigenvalue weighted by atomic mass is 10.1. The van der Waals surface area contributed by atoms with Gasteiger partial charge in [-0.05, 0) is 25.1 Å². The lowest BCUT2D eigenvalue weighted by molar-refractivity contribution is 0.410. The Balaban J connectivity index is 1.77. The number of aromatic nitrogens is 1. The predicted molar refractivity (Wildman–Crippen MR) is 100 cm³/mol. The molecule has 0 amide bonds. The van der Waals surface area contributed by atoms with Crippen LogP contribution in [0, 0.1) is 6.92 Å². The first-order valence-corrected chi connectivity index (χ1v) is 8.87. The van der Waals surface area contributed by atoms with Gasteiger partial charge in [0, 0.05) is 27.0 Å². The van der Waals surface area contributed by atoms with Crippen molar-refractivity contribution in [1.82, 2.24) is 4.98 Å². The molecule has 0 aliphatic rings. The van der Waals surface area contributed by atoms with Crippen molar-refractivity contribution in [2.75, 3.05) is 12.4 Å². The first-order valence-electron chi connectivity index (χ1n) is 7.26. The second-order valence-corrected chi connectivity index (χ2v) is 7.21. The van der Waals surface area contributed by atoms with E-state index in [4.69, 9.17) is 9.72 Å². The summed E-state index contributed by atoms with van der Waals surface area (Å²) in [6.07, 6.45) is 0. The van der Waals surface area contributed by atoms with Gasteiger partial charge in [-0.15, -0.1) is 11.3 Å². The largest absolute Gasteiger partial charge is 0.496 e. The zero-order chi connectivity index (χ0) is 16.2. The van der Waals surface area contributed by atoms with Crippen molar-refractivity contribution in [3.05, 3.63) is 63.4 Å². The third-order valence-electron chi connectivity index (χ3n) is 3.54. The van der Waals surface area contributed by atoms with E-state index in [9.17, 15) is 0 Å². The van der Waals surface area contributed by atoms with Gasteiger partial charge in [0.1, 0.15) is 5.75 Å². The molecule has 23 heavy (non-hydrogen) atoms. The number of para-hydroxylation sites is 1. The maximum absolute atomic E-state index is 5.38. The highest BCUT2D eigenvalue weighted by Gasteiger charge is 2.10. The van der Waals surface area contributed by atoms with Crippen LogP contribution in [-0.2, 0) is 6.54 Å². The molecule has 3 rings (SSSR count). The van der Waals surface area contributed by atoms with Crippen LogP contribution >= 0.6 is 27.3 Å². The molecule has 0 atom stereocenters. The van der Waals surface area contributed by atoms with Crippen LogP contribution in [0.5, 0.6) is 5.75 Å². The van der Waals surface area contributed by atoms with Crippen LogP contribution in [0.25, 0.3) is 11.3 Å². The number of ether oxygens (including phenoxy) is 1. The highest BCUT2D eigenvalue weighted by molar-refractivity contribution is 9.10. The smallest absolute Gasteiger partial charge is 0.183 e. The number of benzene rings is 2. The van der Waals surface area contributed by atoms with Crippen LogP contribution in [-0.4, -0.2) is 12.1 Å². The Morgan fingerprint density at radius 1 is 1.13 bits per heavy atom. The van der Waals surface area contributed by atoms with E-state index >= 15 is 0 Å². The van der Waals surface area contributed by atoms with E-state index in [2.05, 4.69) is 46.4 Å². The summed E-state index contributed by atoms with van der Waals surface area (Å²) in [6, 6.07) is 16.2. The van der Waals surface area contributed by atoms with Crippen LogP contribution in [0.1, 0.15) is 10.4 Å². The summed E-state index contributed by atoms with van der Waals surface area (Å²) in [5.41, 5.74) is 3.28. The number of aryl methyl sites for hydroxylation is 1. The molecule has 0 fully saturated rings. The van der Waals surface area contributed by atoms with Crippen molar-refractivity contribution in [2.45, 2.75) is 13.5 Å². The molecule has 0 radical (unpaired) electrons. The Hall–Kier alpha value is -1.85. The molecule has 5 heteroatoms. The summed E-state index contributed by atoms with van der Waals surface area (Å²) in [7, 11) is 1.69. The van der Waals surface area contributed by atoms with E-state index in [1.54, 1.807) is 18.4 Å². The number of thiazole rings is 1. The number of halogens is 1. The Morgan fingerprint density at radius 3 is 2.61 bits per heavy atom. The molecule has 0 saturated carbocycles. The lowest BCUT2D eigenvalue weighted by Gasteiger charge is -2.08. The minimum atomic E-state index is 0.691. The summed E-state index contributed by atoms with van der Waals surface area (Å²) in [4.78, 5) is 5.94. The fourth-order valence-corrected chi connectivity index (χ4v) is 3.46. The Kier molecular flexibility index (Phi) is 4.98. The van der Waals surface area contributed by atoms with Gasteiger partial charge in [0.2, 0.25) is 0 Å². The van der Waals surface area contributed by atoms with Crippen molar-refractivity contribution >= 4 is 32.4 Å². The summed E-state index contributed by atoms with van der Waals surface area (Å²) in [6.45, 7) is 2.79. The number of anilines is 1. The average Bonchev–Trinajstić information content (AvgIpc) is 2.95. The SMILES string of the molecule is COc1ccccc1CNc1nc(-c2ccc(Br)cc2)c(C)s1. The van der Waals surface area contributed by atoms with E-state index in [0.29, 0.717) is 6.54 Å². The maximum Gasteiger partial charge on any atom is 0.183 e. The molecular formula is C18H17BrN2OS. The number of rotatable bonds is 5. The van der Waals surface area contributed by atoms with Crippen LogP contribution in [0.2, 0.25) is 0 Å². The Labute approximate surface area is 148 Å². The third-order valence-corrected chi connectivity index (χ3v) is 4.99. The van der Waals surface area contributed by atoms with Crippen LogP contribution in [0.15, 0.2) is 53.0 Å². The van der Waals surface area contributed by atoms with Gasteiger partial charge in [-0.25, -0.2) is 4.98 Å². The van der Waals surface area contributed by atoms with Gasteiger partial charge in [-0.2, -0.15) is 0 Å². The van der Waals surface area contributed by atoms with Gasteiger partial charge in [0.15, 0.2) is 5.13 Å². The van der Waals surface area contributed by atoms with Crippen molar-refractivity contribution in [3.8, 4) is 17.0 Å². The quantitative estimate of drug-likeness (QED) is 0.626. The highest BCUT2D eigenvalue weighted by Crippen LogP contribution is 2.31. The monoisotopic (exact) mass is 388 g/mol. The maximum atomic E-state index is 5.38. The molecular weight excluding hydrogens is 372 g/mol. The topological polar surface area (TPSA) is 34.1 Å². The predicted octanol–water partition coefficient (Wildman–Crippen LogP) is 5.50. The number of hydrogen-bond acceptors (Lipinski definition) is 4. The number of nitrogens with one attached hydrogen (secondary N) is 1. The van der Waals surface area contributed by atoms with E-state index in [1.807, 2.05) is 30.3 Å². The molecule has 1 N–H and O–H groups in total. The van der Waals surface area contributed by atoms with E-state index in [0.717, 1.165) is 32.2 Å². The molecule has 0 aliphatic heterocycles. The standard InChI is InChI=1S/C18H17BrN2OS/c1-12-17(13-7-9-15(19)10-8-13)21-18(23-12)20-11-14-5-3-4-6-16(14)22-2/h3-10H,11H2,1-2H3,(H,20,21). The Bertz CT molecular complexity index is 799. The molecule has 3 aromatic rings. The molecule has 0 spiro atoms. The van der Waals surface area contributed by atoms with Gasteiger partial charge in [0.05, 0.1) is 12.8 Å². The highest BCUT2D eigenvalue weighted by atomic mass is 79.9. The van der Waals surface area contributed by atoms with Gasteiger partial charge < -0.3 is 10.1 Å². The van der Waals surface area contributed by atoms with Crippen molar-refractivity contribution in [2.24, 2.45) is 0 Å². The van der Waals surface area contributed by atoms with Gasteiger partial charge in [-0.3, -0.25) is 0 Å². The first-order chi connectivity index (χ1) is 11.2. The minimum absolute atomic E-state index is 0.691. The molecule has 2 aromatic carbocycles. The normalized spacial score (nSPS) is 10.6. The van der Waals surface area contributed by atoms with Gasteiger partial charge in [-0.1, -0.05) is 46.3 Å². The lowest BCUT2D eigenvalue weighted by Crippen LogP contribution is -2.01. The second kappa shape index (κ2) is 7.15. The van der Waals surface area contributed by atoms with Crippen molar-refractivity contribution < 1.29 is 4.74 Å². The third kappa shape index (κ3) is 3.74. The van der Waals surface area contributed by atoms with Crippen LogP contribution in [0.4, 0.5) is 5.13 Å². The summed E-state index contributed by atoms with van der Waals surface area (Å²) < 4.78 is 6.45. The molecule has 1 aromatic heterocycles. The second-order valence-electron chi connectivity index (χ2n) is 5.10. The molecule has 0 bridgehead atoms. The van der Waals surface area contributed by atoms with E-state index in [-0.39, 0.29) is 0 Å². The molecule has 1 heterocycles. The Morgan fingerprint density at radius 2 is 1.87 bits per heavy atom. The average molecular weight is 389 g/mol. The molecule has 3 nitrogen and oxygen atoms in total. The van der Waals surface area contributed by atoms with Gasteiger partial charge in [0.25, 0.3) is 0 Å². The van der Waals surface area contributed by atoms with Crippen LogP contribution in [0.3, 0.4) is 0 Å². The molecule has 0 saturated heterocycles. The number of nitrogens with zero attached hydrogens (tertiary/aromatic N) is 1. The number of hydrogen-bond donors (Lipinski definition) is 1. The fraction of sp³-hybridized carbons (Fsp3) is 0.167. The first kappa shape index (κ1) is 16.0. The van der Waals surface area contributed by atoms with E-state index < -0.39 is 0 Å².